The summed E-state index contributed by atoms with van der Waals surface area (Å²) in [4.78, 5) is 40.6. The second kappa shape index (κ2) is 8.30. The zero-order chi connectivity index (χ0) is 23.0. The SMILES string of the molecule is Cc1cc(N2C(=O)c3ccccc3C2=O)ccc1OC1CCN(C(=O)OC(C)(C)C)CC1. The van der Waals surface area contributed by atoms with Crippen LogP contribution >= 0.6 is 0 Å². The number of amides is 3. The average molecular weight is 437 g/mol. The van der Waals surface area contributed by atoms with Crippen molar-refractivity contribution in [3.8, 4) is 5.75 Å². The number of imide groups is 1. The van der Waals surface area contributed by atoms with Crippen LogP contribution in [0.3, 0.4) is 0 Å². The molecule has 32 heavy (non-hydrogen) atoms. The van der Waals surface area contributed by atoms with Gasteiger partial charge in [0, 0.05) is 25.9 Å². The number of likely N-dealkylation sites (tertiary alicyclic amines) is 1. The second-order valence-corrected chi connectivity index (χ2v) is 9.23. The number of aryl methyl sites for hydroxylation is 1. The minimum absolute atomic E-state index is 0.0162. The number of anilines is 1. The molecular formula is C25H28N2O5. The summed E-state index contributed by atoms with van der Waals surface area (Å²) in [7, 11) is 0. The fourth-order valence-electron chi connectivity index (χ4n) is 3.99. The number of carbonyl (C=O) groups excluding carboxylic acids is 3. The number of rotatable bonds is 3. The van der Waals surface area contributed by atoms with Crippen LogP contribution in [0.2, 0.25) is 0 Å². The van der Waals surface area contributed by atoms with Crippen molar-refractivity contribution in [2.45, 2.75) is 52.2 Å². The molecule has 0 N–H and O–H groups in total. The Morgan fingerprint density at radius 2 is 1.56 bits per heavy atom. The maximum Gasteiger partial charge on any atom is 0.410 e. The molecule has 0 aromatic heterocycles. The maximum absolute atomic E-state index is 12.7. The molecule has 7 nitrogen and oxygen atoms in total. The quantitative estimate of drug-likeness (QED) is 0.659. The van der Waals surface area contributed by atoms with Gasteiger partial charge in [-0.15, -0.1) is 0 Å². The van der Waals surface area contributed by atoms with Crippen LogP contribution in [0.5, 0.6) is 5.75 Å². The Labute approximate surface area is 187 Å². The highest BCUT2D eigenvalue weighted by Crippen LogP contribution is 2.32. The predicted molar refractivity (Wildman–Crippen MR) is 120 cm³/mol. The normalized spacial score (nSPS) is 16.9. The minimum Gasteiger partial charge on any atom is -0.490 e. The lowest BCUT2D eigenvalue weighted by Gasteiger charge is -2.33. The number of fused-ring (bicyclic) bond motifs is 1. The van der Waals surface area contributed by atoms with Gasteiger partial charge in [0.15, 0.2) is 0 Å². The van der Waals surface area contributed by atoms with Gasteiger partial charge >= 0.3 is 6.09 Å². The van der Waals surface area contributed by atoms with Crippen LogP contribution in [0.25, 0.3) is 0 Å². The first-order valence-electron chi connectivity index (χ1n) is 10.9. The zero-order valence-electron chi connectivity index (χ0n) is 18.9. The number of hydrogen-bond acceptors (Lipinski definition) is 5. The number of carbonyl (C=O) groups is 3. The van der Waals surface area contributed by atoms with Gasteiger partial charge in [-0.05, 0) is 63.6 Å². The van der Waals surface area contributed by atoms with E-state index in [1.54, 1.807) is 47.4 Å². The first-order valence-corrected chi connectivity index (χ1v) is 10.9. The highest BCUT2D eigenvalue weighted by atomic mass is 16.6. The summed E-state index contributed by atoms with van der Waals surface area (Å²) in [6.45, 7) is 8.61. The van der Waals surface area contributed by atoms with E-state index in [-0.39, 0.29) is 24.0 Å². The van der Waals surface area contributed by atoms with Crippen molar-refractivity contribution in [3.63, 3.8) is 0 Å². The Bertz CT molecular complexity index is 1030. The molecule has 2 aromatic rings. The van der Waals surface area contributed by atoms with Gasteiger partial charge in [-0.1, -0.05) is 12.1 Å². The summed E-state index contributed by atoms with van der Waals surface area (Å²) in [5, 5.41) is 0. The second-order valence-electron chi connectivity index (χ2n) is 9.23. The third kappa shape index (κ3) is 4.33. The average Bonchev–Trinajstić information content (AvgIpc) is 2.99. The summed E-state index contributed by atoms with van der Waals surface area (Å²) in [5.74, 6) is 0.0856. The molecule has 0 aliphatic carbocycles. The van der Waals surface area contributed by atoms with Gasteiger partial charge in [0.2, 0.25) is 0 Å². The molecule has 2 heterocycles. The van der Waals surface area contributed by atoms with E-state index in [2.05, 4.69) is 0 Å². The van der Waals surface area contributed by atoms with Crippen molar-refractivity contribution < 1.29 is 23.9 Å². The minimum atomic E-state index is -0.511. The maximum atomic E-state index is 12.7. The first-order chi connectivity index (χ1) is 15.1. The first kappa shape index (κ1) is 21.9. The zero-order valence-corrected chi connectivity index (χ0v) is 18.9. The van der Waals surface area contributed by atoms with E-state index in [0.717, 1.165) is 5.56 Å². The summed E-state index contributed by atoms with van der Waals surface area (Å²) in [6, 6.07) is 12.2. The molecule has 0 atom stereocenters. The third-order valence-corrected chi connectivity index (χ3v) is 5.60. The van der Waals surface area contributed by atoms with Crippen LogP contribution in [-0.4, -0.2) is 47.6 Å². The van der Waals surface area contributed by atoms with Crippen LogP contribution in [-0.2, 0) is 4.74 Å². The summed E-state index contributed by atoms with van der Waals surface area (Å²) < 4.78 is 11.6. The highest BCUT2D eigenvalue weighted by molar-refractivity contribution is 6.34. The molecule has 4 rings (SSSR count). The van der Waals surface area contributed by atoms with Crippen molar-refractivity contribution in [2.75, 3.05) is 18.0 Å². The largest absolute Gasteiger partial charge is 0.490 e. The van der Waals surface area contributed by atoms with Gasteiger partial charge in [0.25, 0.3) is 11.8 Å². The fourth-order valence-corrected chi connectivity index (χ4v) is 3.99. The van der Waals surface area contributed by atoms with Gasteiger partial charge in [0.05, 0.1) is 16.8 Å². The van der Waals surface area contributed by atoms with Crippen molar-refractivity contribution >= 4 is 23.6 Å². The van der Waals surface area contributed by atoms with E-state index < -0.39 is 5.60 Å². The molecule has 1 saturated heterocycles. The Morgan fingerprint density at radius 3 is 2.09 bits per heavy atom. The molecule has 2 aliphatic rings. The number of piperidine rings is 1. The van der Waals surface area contributed by atoms with Crippen molar-refractivity contribution in [1.82, 2.24) is 4.90 Å². The van der Waals surface area contributed by atoms with E-state index in [1.807, 2.05) is 27.7 Å². The van der Waals surface area contributed by atoms with E-state index in [1.165, 1.54) is 4.90 Å². The van der Waals surface area contributed by atoms with Crippen LogP contribution < -0.4 is 9.64 Å². The molecule has 0 spiro atoms. The Balaban J connectivity index is 1.40. The molecule has 0 saturated carbocycles. The van der Waals surface area contributed by atoms with Crippen molar-refractivity contribution in [3.05, 3.63) is 59.2 Å². The number of ether oxygens (including phenoxy) is 2. The Hall–Kier alpha value is -3.35. The lowest BCUT2D eigenvalue weighted by atomic mass is 10.1. The number of hydrogen-bond donors (Lipinski definition) is 0. The van der Waals surface area contributed by atoms with Crippen LogP contribution in [0.15, 0.2) is 42.5 Å². The van der Waals surface area contributed by atoms with Gasteiger partial charge < -0.3 is 14.4 Å². The molecule has 2 aliphatic heterocycles. The molecule has 0 radical (unpaired) electrons. The molecule has 2 aromatic carbocycles. The third-order valence-electron chi connectivity index (χ3n) is 5.60. The Morgan fingerprint density at radius 1 is 0.969 bits per heavy atom. The highest BCUT2D eigenvalue weighted by Gasteiger charge is 2.36. The van der Waals surface area contributed by atoms with Gasteiger partial charge in [-0.2, -0.15) is 0 Å². The van der Waals surface area contributed by atoms with E-state index in [0.29, 0.717) is 48.5 Å². The number of nitrogens with zero attached hydrogens (tertiary/aromatic N) is 2. The van der Waals surface area contributed by atoms with E-state index >= 15 is 0 Å². The molecule has 168 valence electrons. The monoisotopic (exact) mass is 436 g/mol. The summed E-state index contributed by atoms with van der Waals surface area (Å²) in [6.07, 6.45) is 1.10. The van der Waals surface area contributed by atoms with Gasteiger partial charge in [0.1, 0.15) is 17.5 Å². The van der Waals surface area contributed by atoms with Crippen molar-refractivity contribution in [2.24, 2.45) is 0 Å². The van der Waals surface area contributed by atoms with E-state index in [9.17, 15) is 14.4 Å². The Kier molecular flexibility index (Phi) is 5.67. The topological polar surface area (TPSA) is 76.2 Å². The lowest BCUT2D eigenvalue weighted by Crippen LogP contribution is -2.44. The standard InChI is InChI=1S/C25H28N2O5/c1-16-15-17(27-22(28)19-7-5-6-8-20(19)23(27)29)9-10-21(16)31-18-11-13-26(14-12-18)24(30)32-25(2,3)4/h5-10,15,18H,11-14H2,1-4H3. The van der Waals surface area contributed by atoms with Crippen LogP contribution in [0.4, 0.5) is 10.5 Å². The van der Waals surface area contributed by atoms with E-state index in [4.69, 9.17) is 9.47 Å². The smallest absolute Gasteiger partial charge is 0.410 e. The molecule has 1 fully saturated rings. The summed E-state index contributed by atoms with van der Waals surface area (Å²) in [5.41, 5.74) is 1.71. The molecule has 0 unspecified atom stereocenters. The predicted octanol–water partition coefficient (Wildman–Crippen LogP) is 4.57. The van der Waals surface area contributed by atoms with Crippen LogP contribution in [0, 0.1) is 6.92 Å². The molecule has 0 bridgehead atoms. The molecular weight excluding hydrogens is 408 g/mol. The number of benzene rings is 2. The van der Waals surface area contributed by atoms with Crippen LogP contribution in [0.1, 0.15) is 59.9 Å². The summed E-state index contributed by atoms with van der Waals surface area (Å²) >= 11 is 0. The van der Waals surface area contributed by atoms with Gasteiger partial charge in [-0.25, -0.2) is 9.69 Å². The molecule has 3 amide bonds. The van der Waals surface area contributed by atoms with Crippen molar-refractivity contribution in [1.29, 1.82) is 0 Å². The molecule has 7 heteroatoms. The van der Waals surface area contributed by atoms with Gasteiger partial charge in [-0.3, -0.25) is 9.59 Å². The lowest BCUT2D eigenvalue weighted by molar-refractivity contribution is 0.0126. The fraction of sp³-hybridized carbons (Fsp3) is 0.400.